The number of hydrogen-bond acceptors (Lipinski definition) is 4. The molecule has 0 aromatic heterocycles. The van der Waals surface area contributed by atoms with Crippen molar-refractivity contribution in [2.75, 3.05) is 25.6 Å². The Labute approximate surface area is 131 Å². The zero-order valence-electron chi connectivity index (χ0n) is 13.0. The molecule has 118 valence electrons. The molecule has 0 heterocycles. The van der Waals surface area contributed by atoms with E-state index < -0.39 is 10.0 Å². The summed E-state index contributed by atoms with van der Waals surface area (Å²) in [5.74, 6) is 0.863. The number of rotatable bonds is 5. The van der Waals surface area contributed by atoms with Crippen molar-refractivity contribution in [1.29, 1.82) is 0 Å². The van der Waals surface area contributed by atoms with Gasteiger partial charge >= 0.3 is 0 Å². The smallest absolute Gasteiger partial charge is 0.264 e. The molecule has 0 bridgehead atoms. The molecule has 0 amide bonds. The van der Waals surface area contributed by atoms with E-state index >= 15 is 0 Å². The maximum absolute atomic E-state index is 12.8. The van der Waals surface area contributed by atoms with Gasteiger partial charge < -0.3 is 9.47 Å². The van der Waals surface area contributed by atoms with Gasteiger partial charge in [0.2, 0.25) is 0 Å². The van der Waals surface area contributed by atoms with E-state index in [1.807, 2.05) is 25.1 Å². The Morgan fingerprint density at radius 3 is 2.18 bits per heavy atom. The average molecular weight is 321 g/mol. The first-order chi connectivity index (χ1) is 10.4. The second kappa shape index (κ2) is 6.27. The van der Waals surface area contributed by atoms with Gasteiger partial charge in [-0.15, -0.1) is 0 Å². The van der Waals surface area contributed by atoms with E-state index in [9.17, 15) is 8.42 Å². The summed E-state index contributed by atoms with van der Waals surface area (Å²) in [6.07, 6.45) is 0. The lowest BCUT2D eigenvalue weighted by Crippen LogP contribution is -2.27. The first kappa shape index (κ1) is 16.2. The molecule has 5 nitrogen and oxygen atoms in total. The van der Waals surface area contributed by atoms with E-state index in [0.29, 0.717) is 17.2 Å². The van der Waals surface area contributed by atoms with E-state index in [0.717, 1.165) is 5.56 Å². The van der Waals surface area contributed by atoms with Gasteiger partial charge in [-0.05, 0) is 30.7 Å². The summed E-state index contributed by atoms with van der Waals surface area (Å²) in [6.45, 7) is 1.87. The van der Waals surface area contributed by atoms with Crippen LogP contribution in [0.15, 0.2) is 47.4 Å². The zero-order chi connectivity index (χ0) is 16.3. The number of benzene rings is 2. The van der Waals surface area contributed by atoms with E-state index in [1.54, 1.807) is 12.1 Å². The highest BCUT2D eigenvalue weighted by atomic mass is 32.2. The molecule has 0 radical (unpaired) electrons. The third kappa shape index (κ3) is 2.87. The summed E-state index contributed by atoms with van der Waals surface area (Å²) in [6, 6.07) is 11.9. The van der Waals surface area contributed by atoms with Gasteiger partial charge in [0.15, 0.2) is 11.5 Å². The topological polar surface area (TPSA) is 55.8 Å². The standard InChI is InChI=1S/C16H19NO4S/c1-12-7-5-6-8-14(12)17(2)22(18,19)13-9-10-15(20-3)16(11-13)21-4/h5-11H,1-4H3. The minimum Gasteiger partial charge on any atom is -0.493 e. The summed E-state index contributed by atoms with van der Waals surface area (Å²) in [7, 11) is 0.839. The van der Waals surface area contributed by atoms with Crippen LogP contribution in [0.1, 0.15) is 5.56 Å². The highest BCUT2D eigenvalue weighted by Crippen LogP contribution is 2.32. The third-order valence-corrected chi connectivity index (χ3v) is 5.24. The maximum Gasteiger partial charge on any atom is 0.264 e. The molecule has 0 aliphatic carbocycles. The van der Waals surface area contributed by atoms with Crippen LogP contribution in [0.5, 0.6) is 11.5 Å². The molecule has 0 saturated carbocycles. The lowest BCUT2D eigenvalue weighted by atomic mass is 10.2. The largest absolute Gasteiger partial charge is 0.493 e. The van der Waals surface area contributed by atoms with Crippen LogP contribution in [-0.2, 0) is 10.0 Å². The molecule has 2 aromatic carbocycles. The van der Waals surface area contributed by atoms with Gasteiger partial charge in [0, 0.05) is 13.1 Å². The molecule has 0 spiro atoms. The number of anilines is 1. The zero-order valence-corrected chi connectivity index (χ0v) is 13.8. The van der Waals surface area contributed by atoms with Crippen molar-refractivity contribution in [3.63, 3.8) is 0 Å². The highest BCUT2D eigenvalue weighted by Gasteiger charge is 2.23. The Morgan fingerprint density at radius 2 is 1.59 bits per heavy atom. The molecule has 0 atom stereocenters. The van der Waals surface area contributed by atoms with Gasteiger partial charge in [0.25, 0.3) is 10.0 Å². The second-order valence-electron chi connectivity index (χ2n) is 4.78. The van der Waals surface area contributed by atoms with Gasteiger partial charge in [0.05, 0.1) is 24.8 Å². The number of ether oxygens (including phenoxy) is 2. The summed E-state index contributed by atoms with van der Waals surface area (Å²) >= 11 is 0. The summed E-state index contributed by atoms with van der Waals surface area (Å²) in [4.78, 5) is 0.149. The molecule has 0 saturated heterocycles. The first-order valence-corrected chi connectivity index (χ1v) is 8.12. The van der Waals surface area contributed by atoms with Crippen LogP contribution in [-0.4, -0.2) is 29.7 Å². The number of sulfonamides is 1. The highest BCUT2D eigenvalue weighted by molar-refractivity contribution is 7.92. The molecule has 2 aromatic rings. The molecule has 2 rings (SSSR count). The van der Waals surface area contributed by atoms with Crippen molar-refractivity contribution < 1.29 is 17.9 Å². The fourth-order valence-corrected chi connectivity index (χ4v) is 3.46. The second-order valence-corrected chi connectivity index (χ2v) is 6.75. The van der Waals surface area contributed by atoms with Crippen molar-refractivity contribution in [2.24, 2.45) is 0 Å². The van der Waals surface area contributed by atoms with Crippen LogP contribution >= 0.6 is 0 Å². The third-order valence-electron chi connectivity index (χ3n) is 3.47. The maximum atomic E-state index is 12.8. The number of hydrogen-bond donors (Lipinski definition) is 0. The van der Waals surface area contributed by atoms with Crippen LogP contribution in [0, 0.1) is 6.92 Å². The average Bonchev–Trinajstić information content (AvgIpc) is 2.53. The summed E-state index contributed by atoms with van der Waals surface area (Å²) in [5.41, 5.74) is 1.52. The van der Waals surface area contributed by atoms with Crippen LogP contribution in [0.4, 0.5) is 5.69 Å². The number of methoxy groups -OCH3 is 2. The van der Waals surface area contributed by atoms with E-state index in [2.05, 4.69) is 0 Å². The molecule has 22 heavy (non-hydrogen) atoms. The molecule has 0 aliphatic heterocycles. The van der Waals surface area contributed by atoms with Gasteiger partial charge in [-0.1, -0.05) is 18.2 Å². The monoisotopic (exact) mass is 321 g/mol. The van der Waals surface area contributed by atoms with E-state index in [1.165, 1.54) is 37.7 Å². The number of para-hydroxylation sites is 1. The lowest BCUT2D eigenvalue weighted by molar-refractivity contribution is 0.354. The summed E-state index contributed by atoms with van der Waals surface area (Å²) in [5, 5.41) is 0. The quantitative estimate of drug-likeness (QED) is 0.850. The van der Waals surface area contributed by atoms with Crippen LogP contribution in [0.3, 0.4) is 0 Å². The first-order valence-electron chi connectivity index (χ1n) is 6.68. The Morgan fingerprint density at radius 1 is 0.955 bits per heavy atom. The molecule has 0 N–H and O–H groups in total. The van der Waals surface area contributed by atoms with Crippen molar-refractivity contribution in [2.45, 2.75) is 11.8 Å². The SMILES string of the molecule is COc1ccc(S(=O)(=O)N(C)c2ccccc2C)cc1OC. The lowest BCUT2D eigenvalue weighted by Gasteiger charge is -2.22. The molecular formula is C16H19NO4S. The minimum atomic E-state index is -3.67. The predicted octanol–water partition coefficient (Wildman–Crippen LogP) is 2.84. The molecular weight excluding hydrogens is 302 g/mol. The van der Waals surface area contributed by atoms with Crippen LogP contribution in [0.25, 0.3) is 0 Å². The Balaban J connectivity index is 2.49. The fourth-order valence-electron chi connectivity index (χ4n) is 2.18. The predicted molar refractivity (Wildman–Crippen MR) is 86.3 cm³/mol. The molecule has 6 heteroatoms. The Bertz CT molecular complexity index is 771. The molecule has 0 aliphatic rings. The number of nitrogens with zero attached hydrogens (tertiary/aromatic N) is 1. The van der Waals surface area contributed by atoms with Crippen molar-refractivity contribution in [3.8, 4) is 11.5 Å². The normalized spacial score (nSPS) is 11.1. The Kier molecular flexibility index (Phi) is 4.61. The minimum absolute atomic E-state index is 0.149. The van der Waals surface area contributed by atoms with Crippen molar-refractivity contribution in [1.82, 2.24) is 0 Å². The van der Waals surface area contributed by atoms with E-state index in [-0.39, 0.29) is 4.90 Å². The van der Waals surface area contributed by atoms with Crippen LogP contribution in [0.2, 0.25) is 0 Å². The van der Waals surface area contributed by atoms with Gasteiger partial charge in [0.1, 0.15) is 0 Å². The fraction of sp³-hybridized carbons (Fsp3) is 0.250. The van der Waals surface area contributed by atoms with E-state index in [4.69, 9.17) is 9.47 Å². The molecule has 0 fully saturated rings. The molecule has 0 unspecified atom stereocenters. The van der Waals surface area contributed by atoms with Crippen molar-refractivity contribution >= 4 is 15.7 Å². The summed E-state index contributed by atoms with van der Waals surface area (Å²) < 4.78 is 37.1. The van der Waals surface area contributed by atoms with Crippen molar-refractivity contribution in [3.05, 3.63) is 48.0 Å². The van der Waals surface area contributed by atoms with Gasteiger partial charge in [-0.25, -0.2) is 8.42 Å². The van der Waals surface area contributed by atoms with Gasteiger partial charge in [-0.2, -0.15) is 0 Å². The van der Waals surface area contributed by atoms with Gasteiger partial charge in [-0.3, -0.25) is 4.31 Å². The van der Waals surface area contributed by atoms with Crippen LogP contribution < -0.4 is 13.8 Å². The number of aryl methyl sites for hydroxylation is 1. The Hall–Kier alpha value is -2.21.